The molecule has 1 heterocycles. The van der Waals surface area contributed by atoms with Crippen LogP contribution in [-0.2, 0) is 20.3 Å². The standard InChI is InChI=1S/C41H50O7/c1-40(2,30-8-16-35(17-9-30)44-25-7-6-24-43-5)31-10-18-36(19-11-31)45-26-34(42)27-46-37-20-12-32(13-21-37)41(3,4)33-14-22-38(23-15-33)47-28-39-29-48-39/h8-23,34,39,42H,6-7,24-29H2,1-5H3. The molecule has 1 aliphatic heterocycles. The van der Waals surface area contributed by atoms with Crippen molar-refractivity contribution in [3.8, 4) is 23.0 Å². The first kappa shape index (κ1) is 35.3. The summed E-state index contributed by atoms with van der Waals surface area (Å²) in [5, 5.41) is 10.6. The van der Waals surface area contributed by atoms with E-state index in [1.807, 2.05) is 48.5 Å². The Labute approximate surface area is 285 Å². The first-order chi connectivity index (χ1) is 23.1. The molecule has 2 atom stereocenters. The van der Waals surface area contributed by atoms with E-state index < -0.39 is 6.10 Å². The molecule has 7 heteroatoms. The van der Waals surface area contributed by atoms with Gasteiger partial charge in [-0.25, -0.2) is 0 Å². The first-order valence-corrected chi connectivity index (χ1v) is 16.9. The van der Waals surface area contributed by atoms with Gasteiger partial charge in [0, 0.05) is 24.5 Å². The van der Waals surface area contributed by atoms with Crippen LogP contribution in [0.4, 0.5) is 0 Å². The highest BCUT2D eigenvalue weighted by atomic mass is 16.6. The van der Waals surface area contributed by atoms with Crippen molar-refractivity contribution in [2.45, 2.75) is 63.6 Å². The van der Waals surface area contributed by atoms with Crippen LogP contribution < -0.4 is 18.9 Å². The molecule has 1 fully saturated rings. The molecular formula is C41H50O7. The summed E-state index contributed by atoms with van der Waals surface area (Å²) < 4.78 is 33.7. The van der Waals surface area contributed by atoms with Gasteiger partial charge < -0.3 is 33.5 Å². The lowest BCUT2D eigenvalue weighted by molar-refractivity contribution is 0.0626. The van der Waals surface area contributed by atoms with Crippen LogP contribution in [0.5, 0.6) is 23.0 Å². The summed E-state index contributed by atoms with van der Waals surface area (Å²) >= 11 is 0. The first-order valence-electron chi connectivity index (χ1n) is 16.9. The Bertz CT molecular complexity index is 1520. The molecule has 1 saturated heterocycles. The number of aliphatic hydroxyl groups excluding tert-OH is 1. The van der Waals surface area contributed by atoms with Gasteiger partial charge in [0.25, 0.3) is 0 Å². The third-order valence-corrected chi connectivity index (χ3v) is 9.04. The maximum Gasteiger partial charge on any atom is 0.122 e. The van der Waals surface area contributed by atoms with Crippen molar-refractivity contribution in [1.82, 2.24) is 0 Å². The lowest BCUT2D eigenvalue weighted by Crippen LogP contribution is -2.25. The van der Waals surface area contributed by atoms with E-state index in [0.717, 1.165) is 37.6 Å². The van der Waals surface area contributed by atoms with E-state index in [9.17, 15) is 5.11 Å². The molecule has 4 aromatic rings. The summed E-state index contributed by atoms with van der Waals surface area (Å²) in [7, 11) is 1.72. The highest BCUT2D eigenvalue weighted by Crippen LogP contribution is 2.35. The Hall–Kier alpha value is -4.04. The highest BCUT2D eigenvalue weighted by Gasteiger charge is 2.25. The number of aliphatic hydroxyl groups is 1. The summed E-state index contributed by atoms with van der Waals surface area (Å²) in [5.74, 6) is 3.13. The molecule has 0 aliphatic carbocycles. The third-order valence-electron chi connectivity index (χ3n) is 9.04. The van der Waals surface area contributed by atoms with Crippen molar-refractivity contribution >= 4 is 0 Å². The quantitative estimate of drug-likeness (QED) is 0.0819. The number of unbranched alkanes of at least 4 members (excludes halogenated alkanes) is 1. The monoisotopic (exact) mass is 654 g/mol. The molecule has 48 heavy (non-hydrogen) atoms. The molecule has 2 unspecified atom stereocenters. The van der Waals surface area contributed by atoms with Crippen LogP contribution >= 0.6 is 0 Å². The molecule has 4 aromatic carbocycles. The number of epoxide rings is 1. The normalized spacial score (nSPS) is 15.1. The number of hydrogen-bond donors (Lipinski definition) is 1. The molecule has 7 nitrogen and oxygen atoms in total. The third kappa shape index (κ3) is 9.75. The zero-order valence-corrected chi connectivity index (χ0v) is 28.9. The molecule has 0 bridgehead atoms. The van der Waals surface area contributed by atoms with E-state index in [0.29, 0.717) is 24.7 Å². The van der Waals surface area contributed by atoms with Gasteiger partial charge in [-0.1, -0.05) is 76.2 Å². The Morgan fingerprint density at radius 2 is 0.938 bits per heavy atom. The molecule has 0 aromatic heterocycles. The second kappa shape index (κ2) is 16.4. The fourth-order valence-electron chi connectivity index (χ4n) is 5.53. The number of ether oxygens (including phenoxy) is 6. The molecule has 0 saturated carbocycles. The van der Waals surface area contributed by atoms with Crippen LogP contribution in [0.25, 0.3) is 0 Å². The number of hydrogen-bond acceptors (Lipinski definition) is 7. The second-order valence-electron chi connectivity index (χ2n) is 13.4. The van der Waals surface area contributed by atoms with Crippen LogP contribution in [-0.4, -0.2) is 64.1 Å². The Balaban J connectivity index is 1.05. The molecule has 0 spiro atoms. The van der Waals surface area contributed by atoms with Gasteiger partial charge in [0.05, 0.1) is 13.2 Å². The van der Waals surface area contributed by atoms with Crippen LogP contribution in [0.2, 0.25) is 0 Å². The van der Waals surface area contributed by atoms with Gasteiger partial charge in [-0.15, -0.1) is 0 Å². The minimum absolute atomic E-state index is 0.133. The molecule has 5 rings (SSSR count). The molecule has 1 aliphatic rings. The fourth-order valence-corrected chi connectivity index (χ4v) is 5.53. The van der Waals surface area contributed by atoms with Crippen molar-refractivity contribution in [3.05, 3.63) is 119 Å². The van der Waals surface area contributed by atoms with Gasteiger partial charge in [-0.3, -0.25) is 0 Å². The van der Waals surface area contributed by atoms with Crippen LogP contribution in [0.15, 0.2) is 97.1 Å². The minimum Gasteiger partial charge on any atom is -0.494 e. The van der Waals surface area contributed by atoms with Crippen molar-refractivity contribution in [3.63, 3.8) is 0 Å². The maximum absolute atomic E-state index is 10.6. The summed E-state index contributed by atoms with van der Waals surface area (Å²) in [6.07, 6.45) is 1.43. The molecule has 1 N–H and O–H groups in total. The van der Waals surface area contributed by atoms with Gasteiger partial charge in [-0.05, 0) is 83.6 Å². The minimum atomic E-state index is -0.773. The van der Waals surface area contributed by atoms with Crippen molar-refractivity contribution in [2.75, 3.05) is 46.8 Å². The van der Waals surface area contributed by atoms with E-state index in [4.69, 9.17) is 28.4 Å². The second-order valence-corrected chi connectivity index (χ2v) is 13.4. The van der Waals surface area contributed by atoms with E-state index in [-0.39, 0.29) is 30.1 Å². The maximum atomic E-state index is 10.6. The van der Waals surface area contributed by atoms with E-state index in [1.165, 1.54) is 22.3 Å². The van der Waals surface area contributed by atoms with E-state index in [1.54, 1.807) is 7.11 Å². The van der Waals surface area contributed by atoms with Crippen molar-refractivity contribution in [1.29, 1.82) is 0 Å². The zero-order valence-electron chi connectivity index (χ0n) is 28.9. The van der Waals surface area contributed by atoms with Gasteiger partial charge in [-0.2, -0.15) is 0 Å². The Kier molecular flexibility index (Phi) is 12.0. The SMILES string of the molecule is COCCCCOc1ccc(C(C)(C)c2ccc(OCC(O)COc3ccc(C(C)(C)c4ccc(OCC5CO5)cc4)cc3)cc2)cc1. The largest absolute Gasteiger partial charge is 0.494 e. The average Bonchev–Trinajstić information content (AvgIpc) is 3.94. The highest BCUT2D eigenvalue weighted by molar-refractivity contribution is 5.43. The van der Waals surface area contributed by atoms with Crippen LogP contribution in [0, 0.1) is 0 Å². The summed E-state index contributed by atoms with van der Waals surface area (Å²) in [6.45, 7) is 11.9. The number of rotatable bonds is 19. The van der Waals surface area contributed by atoms with Crippen molar-refractivity contribution < 1.29 is 33.5 Å². The van der Waals surface area contributed by atoms with Crippen LogP contribution in [0.1, 0.15) is 62.8 Å². The van der Waals surface area contributed by atoms with E-state index >= 15 is 0 Å². The van der Waals surface area contributed by atoms with Gasteiger partial charge in [0.2, 0.25) is 0 Å². The van der Waals surface area contributed by atoms with Gasteiger partial charge >= 0.3 is 0 Å². The Morgan fingerprint density at radius 1 is 0.583 bits per heavy atom. The van der Waals surface area contributed by atoms with Gasteiger partial charge in [0.1, 0.15) is 55.0 Å². The number of methoxy groups -OCH3 is 1. The summed E-state index contributed by atoms with van der Waals surface area (Å²) in [6, 6.07) is 32.7. The summed E-state index contributed by atoms with van der Waals surface area (Å²) in [4.78, 5) is 0. The predicted molar refractivity (Wildman–Crippen MR) is 189 cm³/mol. The summed E-state index contributed by atoms with van der Waals surface area (Å²) in [5.41, 5.74) is 4.34. The topological polar surface area (TPSA) is 78.9 Å². The molecular weight excluding hydrogens is 604 g/mol. The van der Waals surface area contributed by atoms with E-state index in [2.05, 4.69) is 76.2 Å². The van der Waals surface area contributed by atoms with Crippen LogP contribution in [0.3, 0.4) is 0 Å². The average molecular weight is 655 g/mol. The predicted octanol–water partition coefficient (Wildman–Crippen LogP) is 7.74. The number of benzene rings is 4. The lowest BCUT2D eigenvalue weighted by atomic mass is 9.78. The Morgan fingerprint density at radius 3 is 1.31 bits per heavy atom. The van der Waals surface area contributed by atoms with Gasteiger partial charge in [0.15, 0.2) is 0 Å². The fraction of sp³-hybridized carbons (Fsp3) is 0.415. The van der Waals surface area contributed by atoms with Crippen molar-refractivity contribution in [2.24, 2.45) is 0 Å². The molecule has 0 amide bonds. The lowest BCUT2D eigenvalue weighted by Gasteiger charge is -2.27. The molecule has 256 valence electrons. The molecule has 0 radical (unpaired) electrons. The zero-order chi connectivity index (χ0) is 34.0. The smallest absolute Gasteiger partial charge is 0.122 e.